The molecule has 26 heavy (non-hydrogen) atoms. The fourth-order valence-corrected chi connectivity index (χ4v) is 5.49. The standard InChI is InChI=1S/C19H28N2O4S/c1-3-21(4-2)26(23,24)16-7-5-15(6-8-16)18(22)20-17-9-10-19(17)11-13-25-14-12-19/h5-8,17H,3-4,9-14H2,1-2H3,(H,20,22). The molecule has 0 bridgehead atoms. The van der Waals surface area contributed by atoms with Crippen molar-refractivity contribution in [2.24, 2.45) is 5.41 Å². The van der Waals surface area contributed by atoms with E-state index >= 15 is 0 Å². The van der Waals surface area contributed by atoms with Gasteiger partial charge in [-0.05, 0) is 55.4 Å². The Morgan fingerprint density at radius 3 is 2.27 bits per heavy atom. The van der Waals surface area contributed by atoms with Crippen molar-refractivity contribution in [1.29, 1.82) is 0 Å². The topological polar surface area (TPSA) is 75.7 Å². The van der Waals surface area contributed by atoms with Crippen molar-refractivity contribution >= 4 is 15.9 Å². The molecule has 1 unspecified atom stereocenters. The van der Waals surface area contributed by atoms with Gasteiger partial charge in [0, 0.05) is 37.9 Å². The number of ether oxygens (including phenoxy) is 1. The summed E-state index contributed by atoms with van der Waals surface area (Å²) in [5.41, 5.74) is 0.692. The molecule has 1 aromatic carbocycles. The van der Waals surface area contributed by atoms with E-state index in [0.717, 1.165) is 38.9 Å². The summed E-state index contributed by atoms with van der Waals surface area (Å²) in [6.45, 7) is 6.01. The van der Waals surface area contributed by atoms with Crippen LogP contribution in [0.3, 0.4) is 0 Å². The number of sulfonamides is 1. The Balaban J connectivity index is 1.68. The van der Waals surface area contributed by atoms with Crippen LogP contribution in [0.2, 0.25) is 0 Å². The number of hydrogen-bond acceptors (Lipinski definition) is 4. The fraction of sp³-hybridized carbons (Fsp3) is 0.632. The summed E-state index contributed by atoms with van der Waals surface area (Å²) in [6, 6.07) is 6.43. The highest BCUT2D eigenvalue weighted by atomic mass is 32.2. The van der Waals surface area contributed by atoms with E-state index in [0.29, 0.717) is 18.7 Å². The number of nitrogens with one attached hydrogen (secondary N) is 1. The maximum Gasteiger partial charge on any atom is 0.251 e. The lowest BCUT2D eigenvalue weighted by atomic mass is 9.60. The molecule has 1 aliphatic carbocycles. The van der Waals surface area contributed by atoms with E-state index in [1.807, 2.05) is 13.8 Å². The molecule has 1 heterocycles. The smallest absolute Gasteiger partial charge is 0.251 e. The van der Waals surface area contributed by atoms with E-state index in [9.17, 15) is 13.2 Å². The van der Waals surface area contributed by atoms with Crippen LogP contribution in [0.4, 0.5) is 0 Å². The molecular formula is C19H28N2O4S. The summed E-state index contributed by atoms with van der Waals surface area (Å²) in [7, 11) is -3.49. The summed E-state index contributed by atoms with van der Waals surface area (Å²) in [4.78, 5) is 12.8. The first-order chi connectivity index (χ1) is 12.4. The number of carbonyl (C=O) groups is 1. The van der Waals surface area contributed by atoms with Crippen LogP contribution in [0.5, 0.6) is 0 Å². The minimum absolute atomic E-state index is 0.132. The van der Waals surface area contributed by atoms with Crippen molar-refractivity contribution in [3.05, 3.63) is 29.8 Å². The van der Waals surface area contributed by atoms with Gasteiger partial charge in [-0.2, -0.15) is 4.31 Å². The van der Waals surface area contributed by atoms with Crippen LogP contribution in [0.25, 0.3) is 0 Å². The molecule has 2 fully saturated rings. The van der Waals surface area contributed by atoms with E-state index in [-0.39, 0.29) is 22.3 Å². The van der Waals surface area contributed by atoms with E-state index in [1.54, 1.807) is 12.1 Å². The molecule has 1 amide bonds. The fourth-order valence-electron chi connectivity index (χ4n) is 4.03. The normalized spacial score (nSPS) is 22.2. The van der Waals surface area contributed by atoms with Crippen molar-refractivity contribution < 1.29 is 17.9 Å². The van der Waals surface area contributed by atoms with Gasteiger partial charge in [0.25, 0.3) is 5.91 Å². The summed E-state index contributed by atoms with van der Waals surface area (Å²) < 4.78 is 31.9. The van der Waals surface area contributed by atoms with Gasteiger partial charge in [-0.3, -0.25) is 4.79 Å². The van der Waals surface area contributed by atoms with Gasteiger partial charge in [0.2, 0.25) is 10.0 Å². The highest BCUT2D eigenvalue weighted by Gasteiger charge is 2.47. The zero-order valence-electron chi connectivity index (χ0n) is 15.5. The third-order valence-corrected chi connectivity index (χ3v) is 7.99. The molecular weight excluding hydrogens is 352 g/mol. The van der Waals surface area contributed by atoms with Gasteiger partial charge >= 0.3 is 0 Å². The van der Waals surface area contributed by atoms with Gasteiger partial charge in [0.1, 0.15) is 0 Å². The zero-order valence-corrected chi connectivity index (χ0v) is 16.3. The molecule has 144 valence electrons. The molecule has 1 saturated heterocycles. The second kappa shape index (κ2) is 7.66. The largest absolute Gasteiger partial charge is 0.381 e. The lowest BCUT2D eigenvalue weighted by molar-refractivity contribution is -0.0523. The summed E-state index contributed by atoms with van der Waals surface area (Å²) in [6.07, 6.45) is 4.14. The highest BCUT2D eigenvalue weighted by molar-refractivity contribution is 7.89. The average Bonchev–Trinajstić information content (AvgIpc) is 2.66. The average molecular weight is 381 g/mol. The maximum atomic E-state index is 12.6. The van der Waals surface area contributed by atoms with Crippen molar-refractivity contribution in [1.82, 2.24) is 9.62 Å². The van der Waals surface area contributed by atoms with Gasteiger partial charge in [0.15, 0.2) is 0 Å². The molecule has 6 nitrogen and oxygen atoms in total. The lowest BCUT2D eigenvalue weighted by Crippen LogP contribution is -2.57. The second-order valence-electron chi connectivity index (χ2n) is 7.15. The molecule has 3 rings (SSSR count). The molecule has 1 aliphatic heterocycles. The molecule has 0 radical (unpaired) electrons. The Kier molecular flexibility index (Phi) is 5.69. The first-order valence-electron chi connectivity index (χ1n) is 9.42. The Bertz CT molecular complexity index is 735. The minimum Gasteiger partial charge on any atom is -0.381 e. The van der Waals surface area contributed by atoms with Crippen molar-refractivity contribution in [3.8, 4) is 0 Å². The van der Waals surface area contributed by atoms with E-state index in [2.05, 4.69) is 5.32 Å². The number of nitrogens with zero attached hydrogens (tertiary/aromatic N) is 1. The molecule has 1 N–H and O–H groups in total. The van der Waals surface area contributed by atoms with Crippen LogP contribution in [0.15, 0.2) is 29.2 Å². The highest BCUT2D eigenvalue weighted by Crippen LogP contribution is 2.48. The number of carbonyl (C=O) groups excluding carboxylic acids is 1. The molecule has 7 heteroatoms. The second-order valence-corrected chi connectivity index (χ2v) is 9.09. The monoisotopic (exact) mass is 380 g/mol. The third kappa shape index (κ3) is 3.52. The molecule has 2 aliphatic rings. The van der Waals surface area contributed by atoms with Crippen LogP contribution < -0.4 is 5.32 Å². The van der Waals surface area contributed by atoms with Gasteiger partial charge < -0.3 is 10.1 Å². The molecule has 0 aromatic heterocycles. The zero-order chi connectivity index (χ0) is 18.8. The molecule has 1 spiro atoms. The van der Waals surface area contributed by atoms with Crippen molar-refractivity contribution in [3.63, 3.8) is 0 Å². The van der Waals surface area contributed by atoms with Crippen LogP contribution in [0.1, 0.15) is 49.9 Å². The quantitative estimate of drug-likeness (QED) is 0.822. The van der Waals surface area contributed by atoms with Crippen LogP contribution in [0, 0.1) is 5.41 Å². The predicted molar refractivity (Wildman–Crippen MR) is 99.5 cm³/mol. The molecule has 1 aromatic rings. The molecule has 1 saturated carbocycles. The van der Waals surface area contributed by atoms with Crippen LogP contribution in [-0.4, -0.2) is 51.0 Å². The SMILES string of the molecule is CCN(CC)S(=O)(=O)c1ccc(C(=O)NC2CCC23CCOCC3)cc1. The summed E-state index contributed by atoms with van der Waals surface area (Å²) in [5, 5.41) is 3.14. The number of amides is 1. The minimum atomic E-state index is -3.49. The Labute approximate surface area is 156 Å². The summed E-state index contributed by atoms with van der Waals surface area (Å²) in [5.74, 6) is -0.132. The van der Waals surface area contributed by atoms with Crippen molar-refractivity contribution in [2.45, 2.75) is 50.5 Å². The van der Waals surface area contributed by atoms with E-state index in [4.69, 9.17) is 4.74 Å². The van der Waals surface area contributed by atoms with Gasteiger partial charge in [-0.1, -0.05) is 13.8 Å². The Hall–Kier alpha value is -1.44. The van der Waals surface area contributed by atoms with E-state index < -0.39 is 10.0 Å². The van der Waals surface area contributed by atoms with Gasteiger partial charge in [-0.15, -0.1) is 0 Å². The first-order valence-corrected chi connectivity index (χ1v) is 10.9. The number of hydrogen-bond donors (Lipinski definition) is 1. The van der Waals surface area contributed by atoms with Crippen molar-refractivity contribution in [2.75, 3.05) is 26.3 Å². The van der Waals surface area contributed by atoms with Crippen LogP contribution in [-0.2, 0) is 14.8 Å². The Morgan fingerprint density at radius 2 is 1.77 bits per heavy atom. The number of benzene rings is 1. The maximum absolute atomic E-state index is 12.6. The van der Waals surface area contributed by atoms with Gasteiger partial charge in [-0.25, -0.2) is 8.42 Å². The lowest BCUT2D eigenvalue weighted by Gasteiger charge is -2.52. The van der Waals surface area contributed by atoms with Crippen LogP contribution >= 0.6 is 0 Å². The molecule has 1 atom stereocenters. The third-order valence-electron chi connectivity index (χ3n) is 5.92. The number of rotatable bonds is 6. The summed E-state index contributed by atoms with van der Waals surface area (Å²) >= 11 is 0. The van der Waals surface area contributed by atoms with Gasteiger partial charge in [0.05, 0.1) is 4.90 Å². The predicted octanol–water partition coefficient (Wildman–Crippen LogP) is 2.41. The van der Waals surface area contributed by atoms with E-state index in [1.165, 1.54) is 16.4 Å². The Morgan fingerprint density at radius 1 is 1.15 bits per heavy atom. The first kappa shape index (κ1) is 19.3.